The first-order chi connectivity index (χ1) is 15.7. The Morgan fingerprint density at radius 3 is 2.44 bits per heavy atom. The molecule has 1 aliphatic carbocycles. The molecule has 1 N–H and O–H groups in total. The fourth-order valence-corrected chi connectivity index (χ4v) is 6.14. The van der Waals surface area contributed by atoms with Crippen molar-refractivity contribution in [3.8, 4) is 11.1 Å². The Balaban J connectivity index is 1.37. The van der Waals surface area contributed by atoms with E-state index in [9.17, 15) is 14.3 Å². The predicted octanol–water partition coefficient (Wildman–Crippen LogP) is 4.43. The first kappa shape index (κ1) is 21.6. The molecule has 4 nitrogen and oxygen atoms in total. The third-order valence-corrected chi connectivity index (χ3v) is 7.84. The van der Waals surface area contributed by atoms with E-state index in [1.54, 1.807) is 12.1 Å². The van der Waals surface area contributed by atoms with E-state index in [0.29, 0.717) is 5.91 Å². The molecular weight excluding hydrogens is 403 g/mol. The van der Waals surface area contributed by atoms with Crippen molar-refractivity contribution in [2.75, 3.05) is 26.2 Å². The van der Waals surface area contributed by atoms with E-state index < -0.39 is 0 Å². The summed E-state index contributed by atoms with van der Waals surface area (Å²) in [5.41, 5.74) is 3.05. The summed E-state index contributed by atoms with van der Waals surface area (Å²) in [5.74, 6) is 0.527. The van der Waals surface area contributed by atoms with Gasteiger partial charge in [0.2, 0.25) is 5.91 Å². The zero-order valence-electron chi connectivity index (χ0n) is 18.6. The first-order valence-electron chi connectivity index (χ1n) is 12.2. The monoisotopic (exact) mass is 436 g/mol. The summed E-state index contributed by atoms with van der Waals surface area (Å²) in [7, 11) is 0. The quantitative estimate of drug-likeness (QED) is 0.771. The third kappa shape index (κ3) is 4.08. The lowest BCUT2D eigenvalue weighted by Gasteiger charge is -2.57. The number of hydrogen-bond acceptors (Lipinski definition) is 3. The van der Waals surface area contributed by atoms with Gasteiger partial charge < -0.3 is 10.0 Å². The van der Waals surface area contributed by atoms with Crippen LogP contribution in [-0.4, -0.2) is 59.1 Å². The van der Waals surface area contributed by atoms with Crippen LogP contribution in [0, 0.1) is 11.7 Å². The number of hydrogen-bond donors (Lipinski definition) is 1. The van der Waals surface area contributed by atoms with Gasteiger partial charge in [0.05, 0.1) is 6.61 Å². The topological polar surface area (TPSA) is 43.8 Å². The van der Waals surface area contributed by atoms with Crippen molar-refractivity contribution in [3.63, 3.8) is 0 Å². The van der Waals surface area contributed by atoms with Crippen molar-refractivity contribution < 1.29 is 14.3 Å². The zero-order valence-corrected chi connectivity index (χ0v) is 18.6. The molecule has 170 valence electrons. The van der Waals surface area contributed by atoms with Crippen molar-refractivity contribution in [1.29, 1.82) is 0 Å². The SMILES string of the molecule is O=C(C1CCCC1)N1CCCCN2[C@H](C1)[C@H](c1ccc(-c3cccc(F)c3)cc1)[C@@H]2CO. The predicted molar refractivity (Wildman–Crippen MR) is 124 cm³/mol. The molecule has 2 aromatic carbocycles. The average Bonchev–Trinajstić information content (AvgIpc) is 3.33. The second-order valence-electron chi connectivity index (χ2n) is 9.69. The highest BCUT2D eigenvalue weighted by Gasteiger charge is 2.49. The van der Waals surface area contributed by atoms with Crippen LogP contribution in [0.3, 0.4) is 0 Å². The third-order valence-electron chi connectivity index (χ3n) is 7.84. The van der Waals surface area contributed by atoms with E-state index >= 15 is 0 Å². The molecule has 0 bridgehead atoms. The lowest BCUT2D eigenvalue weighted by molar-refractivity contribution is -0.140. The highest BCUT2D eigenvalue weighted by atomic mass is 19.1. The Labute approximate surface area is 190 Å². The number of amides is 1. The van der Waals surface area contributed by atoms with Gasteiger partial charge in [-0.05, 0) is 61.1 Å². The number of aliphatic hydroxyl groups is 1. The highest BCUT2D eigenvalue weighted by molar-refractivity contribution is 5.79. The largest absolute Gasteiger partial charge is 0.395 e. The normalized spacial score (nSPS) is 26.8. The van der Waals surface area contributed by atoms with Gasteiger partial charge in [0.1, 0.15) is 5.82 Å². The summed E-state index contributed by atoms with van der Waals surface area (Å²) in [6, 6.07) is 15.3. The van der Waals surface area contributed by atoms with Crippen LogP contribution in [0.25, 0.3) is 11.1 Å². The summed E-state index contributed by atoms with van der Waals surface area (Å²) < 4.78 is 13.6. The van der Waals surface area contributed by atoms with E-state index in [1.807, 2.05) is 18.2 Å². The molecule has 1 amide bonds. The van der Waals surface area contributed by atoms with Crippen LogP contribution in [0.15, 0.2) is 48.5 Å². The number of benzene rings is 2. The van der Waals surface area contributed by atoms with Crippen LogP contribution in [0.4, 0.5) is 4.39 Å². The molecule has 2 heterocycles. The zero-order chi connectivity index (χ0) is 22.1. The number of carbonyl (C=O) groups excluding carboxylic acids is 1. The number of nitrogens with zero attached hydrogens (tertiary/aromatic N) is 2. The minimum Gasteiger partial charge on any atom is -0.395 e. The van der Waals surface area contributed by atoms with Gasteiger partial charge in [0.15, 0.2) is 0 Å². The Bertz CT molecular complexity index is 941. The molecule has 2 saturated heterocycles. The highest BCUT2D eigenvalue weighted by Crippen LogP contribution is 2.42. The second-order valence-corrected chi connectivity index (χ2v) is 9.69. The molecule has 3 aliphatic rings. The lowest BCUT2D eigenvalue weighted by atomic mass is 9.74. The van der Waals surface area contributed by atoms with Crippen molar-refractivity contribution in [2.24, 2.45) is 5.92 Å². The number of carbonyl (C=O) groups is 1. The van der Waals surface area contributed by atoms with Crippen LogP contribution >= 0.6 is 0 Å². The molecule has 32 heavy (non-hydrogen) atoms. The number of halogens is 1. The second kappa shape index (κ2) is 9.32. The van der Waals surface area contributed by atoms with Gasteiger partial charge in [-0.1, -0.05) is 49.2 Å². The summed E-state index contributed by atoms with van der Waals surface area (Å²) in [4.78, 5) is 17.7. The molecule has 5 rings (SSSR count). The van der Waals surface area contributed by atoms with E-state index in [4.69, 9.17) is 0 Å². The van der Waals surface area contributed by atoms with Gasteiger partial charge >= 0.3 is 0 Å². The number of rotatable bonds is 4. The maximum Gasteiger partial charge on any atom is 0.225 e. The minimum absolute atomic E-state index is 0.0987. The van der Waals surface area contributed by atoms with Gasteiger partial charge in [0, 0.05) is 37.0 Å². The molecular formula is C27H33FN2O2. The van der Waals surface area contributed by atoms with Gasteiger partial charge in [-0.3, -0.25) is 9.69 Å². The molecule has 2 aromatic rings. The van der Waals surface area contributed by atoms with Crippen LogP contribution in [-0.2, 0) is 4.79 Å². The molecule has 0 radical (unpaired) electrons. The molecule has 0 aromatic heterocycles. The van der Waals surface area contributed by atoms with Crippen molar-refractivity contribution >= 4 is 5.91 Å². The molecule has 1 saturated carbocycles. The van der Waals surface area contributed by atoms with Crippen LogP contribution < -0.4 is 0 Å². The Hall–Kier alpha value is -2.24. The molecule has 0 spiro atoms. The first-order valence-corrected chi connectivity index (χ1v) is 12.2. The number of fused-ring (bicyclic) bond motifs is 1. The van der Waals surface area contributed by atoms with E-state index in [1.165, 1.54) is 24.5 Å². The van der Waals surface area contributed by atoms with Crippen molar-refractivity contribution in [2.45, 2.75) is 56.5 Å². The maximum absolute atomic E-state index is 13.6. The average molecular weight is 437 g/mol. The maximum atomic E-state index is 13.6. The van der Waals surface area contributed by atoms with Crippen LogP contribution in [0.5, 0.6) is 0 Å². The molecule has 5 heteroatoms. The van der Waals surface area contributed by atoms with Crippen molar-refractivity contribution in [3.05, 3.63) is 59.9 Å². The summed E-state index contributed by atoms with van der Waals surface area (Å²) >= 11 is 0. The van der Waals surface area contributed by atoms with Crippen LogP contribution in [0.2, 0.25) is 0 Å². The van der Waals surface area contributed by atoms with Crippen molar-refractivity contribution in [1.82, 2.24) is 9.80 Å². The molecule has 3 fully saturated rings. The van der Waals surface area contributed by atoms with Gasteiger partial charge in [-0.15, -0.1) is 0 Å². The van der Waals surface area contributed by atoms with Gasteiger partial charge in [-0.2, -0.15) is 0 Å². The summed E-state index contributed by atoms with van der Waals surface area (Å²) in [6.07, 6.45) is 6.51. The summed E-state index contributed by atoms with van der Waals surface area (Å²) in [6.45, 7) is 2.72. The Kier molecular flexibility index (Phi) is 6.29. The lowest BCUT2D eigenvalue weighted by Crippen LogP contribution is -2.68. The standard InChI is InChI=1S/C27H33FN2O2/c28-23-9-5-8-22(16-23)19-10-12-20(13-11-19)26-24-17-29(27(32)21-6-1-2-7-21)14-3-4-15-30(24)25(26)18-31/h5,8-13,16,21,24-26,31H,1-4,6-7,14-15,17-18H2/t24-,25+,26+/m1/s1. The van der Waals surface area contributed by atoms with E-state index in [-0.39, 0.29) is 36.3 Å². The fraction of sp³-hybridized carbons (Fsp3) is 0.519. The Morgan fingerprint density at radius 2 is 1.72 bits per heavy atom. The fourth-order valence-electron chi connectivity index (χ4n) is 6.14. The smallest absolute Gasteiger partial charge is 0.225 e. The van der Waals surface area contributed by atoms with Gasteiger partial charge in [-0.25, -0.2) is 4.39 Å². The van der Waals surface area contributed by atoms with E-state index in [0.717, 1.165) is 56.4 Å². The molecule has 0 unspecified atom stereocenters. The number of aliphatic hydroxyl groups excluding tert-OH is 1. The molecule has 3 atom stereocenters. The summed E-state index contributed by atoms with van der Waals surface area (Å²) in [5, 5.41) is 10.2. The Morgan fingerprint density at radius 1 is 0.969 bits per heavy atom. The van der Waals surface area contributed by atoms with E-state index in [2.05, 4.69) is 21.9 Å². The molecule has 2 aliphatic heterocycles. The minimum atomic E-state index is -0.233. The van der Waals surface area contributed by atoms with Crippen LogP contribution in [0.1, 0.15) is 50.0 Å². The van der Waals surface area contributed by atoms with Gasteiger partial charge in [0.25, 0.3) is 0 Å².